The second-order valence-electron chi connectivity index (χ2n) is 6.63. The Balaban J connectivity index is 1.69. The summed E-state index contributed by atoms with van der Waals surface area (Å²) in [7, 11) is 1.48. The van der Waals surface area contributed by atoms with Crippen LogP contribution in [-0.4, -0.2) is 43.6 Å². The molecule has 158 valence electrons. The van der Waals surface area contributed by atoms with Crippen LogP contribution in [0.3, 0.4) is 0 Å². The number of anilines is 2. The first-order valence-electron chi connectivity index (χ1n) is 9.23. The maximum Gasteiger partial charge on any atom is 0.341 e. The number of methoxy groups -OCH3 is 1. The molecule has 0 bridgehead atoms. The minimum atomic E-state index is -0.802. The average molecular weight is 434 g/mol. The molecule has 1 saturated heterocycles. The second-order valence-corrected chi connectivity index (χ2v) is 7.03. The van der Waals surface area contributed by atoms with Crippen molar-refractivity contribution in [3.05, 3.63) is 57.1 Å². The number of carbonyl (C=O) groups excluding carboxylic acids is 2. The zero-order chi connectivity index (χ0) is 21.7. The summed E-state index contributed by atoms with van der Waals surface area (Å²) in [5.41, 5.74) is 0.814. The van der Waals surface area contributed by atoms with E-state index in [4.69, 9.17) is 21.1 Å². The first kappa shape index (κ1) is 21.4. The van der Waals surface area contributed by atoms with Crippen molar-refractivity contribution in [3.8, 4) is 5.75 Å². The predicted molar refractivity (Wildman–Crippen MR) is 111 cm³/mol. The van der Waals surface area contributed by atoms with Crippen LogP contribution in [0.15, 0.2) is 36.4 Å². The van der Waals surface area contributed by atoms with Gasteiger partial charge in [-0.2, -0.15) is 0 Å². The molecule has 0 aliphatic carbocycles. The molecule has 10 heteroatoms. The number of nitro groups is 1. The smallest absolute Gasteiger partial charge is 0.341 e. The molecule has 0 atom stereocenters. The number of benzene rings is 2. The number of rotatable bonds is 7. The van der Waals surface area contributed by atoms with Crippen LogP contribution in [-0.2, 0) is 9.53 Å². The number of ether oxygens (including phenoxy) is 2. The summed E-state index contributed by atoms with van der Waals surface area (Å²) in [4.78, 5) is 37.3. The molecule has 0 unspecified atom stereocenters. The zero-order valence-corrected chi connectivity index (χ0v) is 17.0. The standard InChI is InChI=1S/C20H20ClN3O6/c1-29-18-7-4-13(10-16(18)21)22-19(25)12-30-20(26)15-11-14(24(27)28)5-6-17(15)23-8-2-3-9-23/h4-7,10-11H,2-3,8-9,12H2,1H3,(H,22,25). The average Bonchev–Trinajstić information content (AvgIpc) is 3.26. The third-order valence-electron chi connectivity index (χ3n) is 4.63. The first-order chi connectivity index (χ1) is 14.4. The van der Waals surface area contributed by atoms with Gasteiger partial charge >= 0.3 is 5.97 Å². The van der Waals surface area contributed by atoms with Gasteiger partial charge in [0.1, 0.15) is 5.75 Å². The maximum absolute atomic E-state index is 12.6. The Bertz CT molecular complexity index is 975. The molecule has 9 nitrogen and oxygen atoms in total. The minimum Gasteiger partial charge on any atom is -0.495 e. The molecule has 1 heterocycles. The molecular weight excluding hydrogens is 414 g/mol. The Kier molecular flexibility index (Phi) is 6.73. The van der Waals surface area contributed by atoms with Gasteiger partial charge in [-0.05, 0) is 37.1 Å². The maximum atomic E-state index is 12.6. The molecule has 30 heavy (non-hydrogen) atoms. The normalized spacial score (nSPS) is 13.1. The summed E-state index contributed by atoms with van der Waals surface area (Å²) in [6.07, 6.45) is 1.94. The van der Waals surface area contributed by atoms with Gasteiger partial charge in [0, 0.05) is 30.9 Å². The summed E-state index contributed by atoms with van der Waals surface area (Å²) >= 11 is 6.02. The monoisotopic (exact) mass is 433 g/mol. The van der Waals surface area contributed by atoms with E-state index in [9.17, 15) is 19.7 Å². The summed E-state index contributed by atoms with van der Waals surface area (Å²) in [6, 6.07) is 8.76. The van der Waals surface area contributed by atoms with Crippen LogP contribution >= 0.6 is 11.6 Å². The molecule has 3 rings (SSSR count). The molecule has 2 aromatic carbocycles. The highest BCUT2D eigenvalue weighted by atomic mass is 35.5. The fraction of sp³-hybridized carbons (Fsp3) is 0.300. The first-order valence-corrected chi connectivity index (χ1v) is 9.60. The Morgan fingerprint density at radius 1 is 1.20 bits per heavy atom. The van der Waals surface area contributed by atoms with E-state index in [-0.39, 0.29) is 11.3 Å². The molecule has 0 saturated carbocycles. The molecule has 0 radical (unpaired) electrons. The van der Waals surface area contributed by atoms with Crippen LogP contribution < -0.4 is 15.0 Å². The predicted octanol–water partition coefficient (Wildman–Crippen LogP) is 3.65. The molecular formula is C20H20ClN3O6. The number of halogens is 1. The summed E-state index contributed by atoms with van der Waals surface area (Å²) in [5.74, 6) is -0.914. The number of non-ortho nitro benzene ring substituents is 1. The molecule has 1 amide bonds. The molecule has 1 aliphatic rings. The summed E-state index contributed by atoms with van der Waals surface area (Å²) in [6.45, 7) is 0.943. The van der Waals surface area contributed by atoms with E-state index in [1.807, 2.05) is 4.90 Å². The van der Waals surface area contributed by atoms with Crippen molar-refractivity contribution in [1.29, 1.82) is 0 Å². The third kappa shape index (κ3) is 4.98. The SMILES string of the molecule is COc1ccc(NC(=O)COC(=O)c2cc([N+](=O)[O-])ccc2N2CCCC2)cc1Cl. The van der Waals surface area contributed by atoms with Crippen LogP contribution in [0.4, 0.5) is 17.1 Å². The Morgan fingerprint density at radius 2 is 1.93 bits per heavy atom. The van der Waals surface area contributed by atoms with E-state index in [2.05, 4.69) is 5.32 Å². The lowest BCUT2D eigenvalue weighted by atomic mass is 10.1. The van der Waals surface area contributed by atoms with Gasteiger partial charge in [-0.15, -0.1) is 0 Å². The molecule has 0 spiro atoms. The Morgan fingerprint density at radius 3 is 2.57 bits per heavy atom. The number of esters is 1. The summed E-state index contributed by atoms with van der Waals surface area (Å²) < 4.78 is 10.2. The van der Waals surface area contributed by atoms with Gasteiger partial charge < -0.3 is 19.7 Å². The van der Waals surface area contributed by atoms with Crippen molar-refractivity contribution >= 4 is 40.5 Å². The van der Waals surface area contributed by atoms with Gasteiger partial charge in [0.15, 0.2) is 6.61 Å². The van der Waals surface area contributed by atoms with Crippen molar-refractivity contribution in [1.82, 2.24) is 0 Å². The van der Waals surface area contributed by atoms with Crippen LogP contribution in [0.5, 0.6) is 5.75 Å². The quantitative estimate of drug-likeness (QED) is 0.403. The number of hydrogen-bond donors (Lipinski definition) is 1. The number of nitrogens with zero attached hydrogens (tertiary/aromatic N) is 2. The topological polar surface area (TPSA) is 111 Å². The lowest BCUT2D eigenvalue weighted by molar-refractivity contribution is -0.384. The number of carbonyl (C=O) groups is 2. The number of amides is 1. The highest BCUT2D eigenvalue weighted by Crippen LogP contribution is 2.29. The van der Waals surface area contributed by atoms with E-state index in [1.54, 1.807) is 18.2 Å². The molecule has 2 aromatic rings. The van der Waals surface area contributed by atoms with E-state index >= 15 is 0 Å². The van der Waals surface area contributed by atoms with Gasteiger partial charge in [-0.25, -0.2) is 4.79 Å². The van der Waals surface area contributed by atoms with Crippen LogP contribution in [0.1, 0.15) is 23.2 Å². The van der Waals surface area contributed by atoms with Gasteiger partial charge in [-0.1, -0.05) is 11.6 Å². The zero-order valence-electron chi connectivity index (χ0n) is 16.2. The lowest BCUT2D eigenvalue weighted by Gasteiger charge is -2.20. The molecule has 1 aliphatic heterocycles. The van der Waals surface area contributed by atoms with E-state index in [0.717, 1.165) is 25.9 Å². The van der Waals surface area contributed by atoms with Crippen molar-refractivity contribution in [2.24, 2.45) is 0 Å². The fourth-order valence-electron chi connectivity index (χ4n) is 3.18. The fourth-order valence-corrected chi connectivity index (χ4v) is 3.44. The molecule has 1 fully saturated rings. The Hall–Kier alpha value is -3.33. The van der Waals surface area contributed by atoms with E-state index < -0.39 is 23.4 Å². The van der Waals surface area contributed by atoms with Crippen LogP contribution in [0.25, 0.3) is 0 Å². The van der Waals surface area contributed by atoms with Crippen molar-refractivity contribution in [2.75, 3.05) is 37.0 Å². The van der Waals surface area contributed by atoms with Gasteiger partial charge in [0.2, 0.25) is 0 Å². The summed E-state index contributed by atoms with van der Waals surface area (Å²) in [5, 5.41) is 14.0. The van der Waals surface area contributed by atoms with Gasteiger partial charge in [-0.3, -0.25) is 14.9 Å². The third-order valence-corrected chi connectivity index (χ3v) is 4.92. The van der Waals surface area contributed by atoms with E-state index in [0.29, 0.717) is 22.1 Å². The van der Waals surface area contributed by atoms with Crippen molar-refractivity contribution in [3.63, 3.8) is 0 Å². The highest BCUT2D eigenvalue weighted by Gasteiger charge is 2.24. The number of nitro benzene ring substituents is 1. The number of nitrogens with one attached hydrogen (secondary N) is 1. The van der Waals surface area contributed by atoms with Gasteiger partial charge in [0.25, 0.3) is 11.6 Å². The van der Waals surface area contributed by atoms with Gasteiger partial charge in [0.05, 0.1) is 28.3 Å². The molecule has 0 aromatic heterocycles. The van der Waals surface area contributed by atoms with Crippen LogP contribution in [0.2, 0.25) is 5.02 Å². The Labute approximate surface area is 177 Å². The van der Waals surface area contributed by atoms with E-state index in [1.165, 1.54) is 25.3 Å². The lowest BCUT2D eigenvalue weighted by Crippen LogP contribution is -2.24. The number of hydrogen-bond acceptors (Lipinski definition) is 7. The minimum absolute atomic E-state index is 0.0615. The highest BCUT2D eigenvalue weighted by molar-refractivity contribution is 6.32. The van der Waals surface area contributed by atoms with Crippen LogP contribution in [0, 0.1) is 10.1 Å². The second kappa shape index (κ2) is 9.45. The van der Waals surface area contributed by atoms with Crippen molar-refractivity contribution in [2.45, 2.75) is 12.8 Å². The molecule has 1 N–H and O–H groups in total. The largest absolute Gasteiger partial charge is 0.495 e. The van der Waals surface area contributed by atoms with Crippen molar-refractivity contribution < 1.29 is 24.0 Å².